The molecule has 0 spiro atoms. The third-order valence-corrected chi connectivity index (χ3v) is 2.27. The van der Waals surface area contributed by atoms with Gasteiger partial charge >= 0.3 is 0 Å². The van der Waals surface area contributed by atoms with Crippen molar-refractivity contribution in [2.24, 2.45) is 5.92 Å². The molecule has 0 N–H and O–H groups in total. The summed E-state index contributed by atoms with van der Waals surface area (Å²) in [6.45, 7) is 11.9. The molecule has 1 unspecified atom stereocenters. The molecule has 0 heterocycles. The first-order valence-corrected chi connectivity index (χ1v) is 3.88. The summed E-state index contributed by atoms with van der Waals surface area (Å²) in [6, 6.07) is 0. The van der Waals surface area contributed by atoms with Gasteiger partial charge in [0.2, 0.25) is 0 Å². The number of rotatable bonds is 2. The van der Waals surface area contributed by atoms with Gasteiger partial charge in [0.25, 0.3) is 0 Å². The number of hydrogen-bond donors (Lipinski definition) is 0. The fourth-order valence-electron chi connectivity index (χ4n) is 1.41. The molecular weight excluding hydrogens is 132 g/mol. The Bertz CT molecular complexity index is 251. The Kier molecular flexibility index (Phi) is 2.13. The van der Waals surface area contributed by atoms with E-state index in [0.717, 1.165) is 0 Å². The monoisotopic (exact) mass is 146 g/mol. The van der Waals surface area contributed by atoms with Crippen LogP contribution in [0.1, 0.15) is 13.8 Å². The summed E-state index contributed by atoms with van der Waals surface area (Å²) in [5.74, 6) is 0.552. The second-order valence-corrected chi connectivity index (χ2v) is 2.92. The molecule has 0 aromatic rings. The van der Waals surface area contributed by atoms with Crippen LogP contribution in [0.3, 0.4) is 0 Å². The van der Waals surface area contributed by atoms with E-state index in [0.29, 0.717) is 5.92 Å². The first kappa shape index (κ1) is 8.06. The van der Waals surface area contributed by atoms with Crippen LogP contribution < -0.4 is 0 Å². The summed E-state index contributed by atoms with van der Waals surface area (Å²) < 4.78 is 0. The van der Waals surface area contributed by atoms with Crippen LogP contribution in [0.4, 0.5) is 0 Å². The summed E-state index contributed by atoms with van der Waals surface area (Å²) >= 11 is 0. The van der Waals surface area contributed by atoms with Gasteiger partial charge in [-0.25, -0.2) is 0 Å². The second-order valence-electron chi connectivity index (χ2n) is 2.92. The van der Waals surface area contributed by atoms with Crippen LogP contribution in [0.5, 0.6) is 0 Å². The maximum absolute atomic E-state index is 3.78. The molecule has 11 heavy (non-hydrogen) atoms. The topological polar surface area (TPSA) is 0 Å². The van der Waals surface area contributed by atoms with E-state index in [1.165, 1.54) is 16.7 Å². The zero-order valence-corrected chi connectivity index (χ0v) is 7.22. The van der Waals surface area contributed by atoms with Crippen molar-refractivity contribution in [2.75, 3.05) is 0 Å². The van der Waals surface area contributed by atoms with E-state index in [-0.39, 0.29) is 0 Å². The van der Waals surface area contributed by atoms with Crippen LogP contribution in [-0.4, -0.2) is 0 Å². The van der Waals surface area contributed by atoms with Crippen molar-refractivity contribution in [3.05, 3.63) is 48.1 Å². The van der Waals surface area contributed by atoms with E-state index < -0.39 is 0 Å². The van der Waals surface area contributed by atoms with Crippen molar-refractivity contribution >= 4 is 0 Å². The first-order valence-electron chi connectivity index (χ1n) is 3.88. The maximum Gasteiger partial charge on any atom is -0.00360 e. The lowest BCUT2D eigenvalue weighted by Gasteiger charge is -2.01. The molecule has 0 bridgehead atoms. The SMILES string of the molecule is C=CC1=CC(C)C(C)=C1C=C. The highest BCUT2D eigenvalue weighted by Gasteiger charge is 2.15. The van der Waals surface area contributed by atoms with Crippen molar-refractivity contribution in [1.82, 2.24) is 0 Å². The Morgan fingerprint density at radius 2 is 2.00 bits per heavy atom. The standard InChI is InChI=1S/C11H14/c1-5-10-7-8(3)9(4)11(10)6-2/h5-8H,1-2H2,3-4H3. The molecule has 0 nitrogen and oxygen atoms in total. The molecule has 0 amide bonds. The lowest BCUT2D eigenvalue weighted by Crippen LogP contribution is -1.86. The van der Waals surface area contributed by atoms with Gasteiger partial charge in [-0.1, -0.05) is 43.9 Å². The van der Waals surface area contributed by atoms with Crippen LogP contribution in [0, 0.1) is 5.92 Å². The molecule has 0 aliphatic heterocycles. The maximum atomic E-state index is 3.78. The smallest absolute Gasteiger partial charge is 0.00360 e. The quantitative estimate of drug-likeness (QED) is 0.561. The molecule has 0 radical (unpaired) electrons. The van der Waals surface area contributed by atoms with E-state index in [2.05, 4.69) is 33.1 Å². The molecule has 0 fully saturated rings. The van der Waals surface area contributed by atoms with Gasteiger partial charge in [0.1, 0.15) is 0 Å². The molecule has 1 aliphatic carbocycles. The Hall–Kier alpha value is -1.04. The average molecular weight is 146 g/mol. The summed E-state index contributed by atoms with van der Waals surface area (Å²) in [7, 11) is 0. The van der Waals surface area contributed by atoms with Crippen LogP contribution in [-0.2, 0) is 0 Å². The minimum Gasteiger partial charge on any atom is -0.0985 e. The van der Waals surface area contributed by atoms with Crippen molar-refractivity contribution in [2.45, 2.75) is 13.8 Å². The van der Waals surface area contributed by atoms with Gasteiger partial charge in [-0.05, 0) is 24.0 Å². The molecule has 1 aliphatic rings. The van der Waals surface area contributed by atoms with Crippen molar-refractivity contribution in [3.63, 3.8) is 0 Å². The van der Waals surface area contributed by atoms with E-state index >= 15 is 0 Å². The van der Waals surface area contributed by atoms with Gasteiger partial charge in [0, 0.05) is 0 Å². The van der Waals surface area contributed by atoms with Gasteiger partial charge in [-0.3, -0.25) is 0 Å². The van der Waals surface area contributed by atoms with Gasteiger partial charge in [-0.15, -0.1) is 0 Å². The molecule has 0 aromatic heterocycles. The predicted molar refractivity (Wildman–Crippen MR) is 50.3 cm³/mol. The lowest BCUT2D eigenvalue weighted by molar-refractivity contribution is 0.878. The zero-order chi connectivity index (χ0) is 8.43. The van der Waals surface area contributed by atoms with Crippen molar-refractivity contribution in [1.29, 1.82) is 0 Å². The number of allylic oxidation sites excluding steroid dienone is 6. The van der Waals surface area contributed by atoms with Gasteiger partial charge < -0.3 is 0 Å². The Morgan fingerprint density at radius 1 is 1.36 bits per heavy atom. The molecular formula is C11H14. The predicted octanol–water partition coefficient (Wildman–Crippen LogP) is 3.25. The summed E-state index contributed by atoms with van der Waals surface area (Å²) in [4.78, 5) is 0. The van der Waals surface area contributed by atoms with Crippen LogP contribution >= 0.6 is 0 Å². The largest absolute Gasteiger partial charge is 0.0985 e. The van der Waals surface area contributed by atoms with Crippen LogP contribution in [0.25, 0.3) is 0 Å². The normalized spacial score (nSPS) is 23.5. The van der Waals surface area contributed by atoms with Gasteiger partial charge in [-0.2, -0.15) is 0 Å². The van der Waals surface area contributed by atoms with E-state index in [4.69, 9.17) is 0 Å². The summed E-state index contributed by atoms with van der Waals surface area (Å²) in [5.41, 5.74) is 3.88. The van der Waals surface area contributed by atoms with E-state index in [9.17, 15) is 0 Å². The third-order valence-electron chi connectivity index (χ3n) is 2.27. The van der Waals surface area contributed by atoms with Crippen molar-refractivity contribution < 1.29 is 0 Å². The van der Waals surface area contributed by atoms with Gasteiger partial charge in [0.15, 0.2) is 0 Å². The first-order chi connectivity index (χ1) is 5.20. The van der Waals surface area contributed by atoms with Crippen LogP contribution in [0.15, 0.2) is 48.1 Å². The van der Waals surface area contributed by atoms with E-state index in [1.807, 2.05) is 12.2 Å². The highest BCUT2D eigenvalue weighted by molar-refractivity contribution is 5.53. The Balaban J connectivity index is 3.10. The van der Waals surface area contributed by atoms with Gasteiger partial charge in [0.05, 0.1) is 0 Å². The molecule has 58 valence electrons. The fourth-order valence-corrected chi connectivity index (χ4v) is 1.41. The highest BCUT2D eigenvalue weighted by Crippen LogP contribution is 2.31. The minimum atomic E-state index is 0.552. The number of hydrogen-bond acceptors (Lipinski definition) is 0. The molecule has 0 saturated carbocycles. The zero-order valence-electron chi connectivity index (χ0n) is 7.22. The summed E-state index contributed by atoms with van der Waals surface area (Å²) in [6.07, 6.45) is 6.02. The Labute approximate surface area is 68.6 Å². The molecule has 0 saturated heterocycles. The Morgan fingerprint density at radius 3 is 2.36 bits per heavy atom. The minimum absolute atomic E-state index is 0.552. The lowest BCUT2D eigenvalue weighted by atomic mass is 10.0. The third kappa shape index (κ3) is 1.21. The molecule has 0 aromatic carbocycles. The van der Waals surface area contributed by atoms with Crippen molar-refractivity contribution in [3.8, 4) is 0 Å². The summed E-state index contributed by atoms with van der Waals surface area (Å²) in [5, 5.41) is 0. The van der Waals surface area contributed by atoms with E-state index in [1.54, 1.807) is 0 Å². The highest BCUT2D eigenvalue weighted by atomic mass is 14.2. The van der Waals surface area contributed by atoms with Crippen LogP contribution in [0.2, 0.25) is 0 Å². The molecule has 1 rings (SSSR count). The molecule has 0 heteroatoms. The molecule has 1 atom stereocenters. The fraction of sp³-hybridized carbons (Fsp3) is 0.273. The average Bonchev–Trinajstić information content (AvgIpc) is 2.28. The second kappa shape index (κ2) is 2.91.